The molecule has 0 bridgehead atoms. The molecular formula is C18H29Cl2N. The third kappa shape index (κ3) is 7.04. The molecule has 0 saturated heterocycles. The highest BCUT2D eigenvalue weighted by atomic mass is 35.5. The molecule has 0 aliphatic heterocycles. The van der Waals surface area contributed by atoms with E-state index in [0.29, 0.717) is 6.04 Å². The molecule has 0 heterocycles. The van der Waals surface area contributed by atoms with Crippen LogP contribution >= 0.6 is 23.2 Å². The molecule has 1 N–H and O–H groups in total. The minimum absolute atomic E-state index is 0.350. The van der Waals surface area contributed by atoms with Gasteiger partial charge in [0.1, 0.15) is 0 Å². The van der Waals surface area contributed by atoms with E-state index in [2.05, 4.69) is 26.1 Å². The molecule has 21 heavy (non-hydrogen) atoms. The van der Waals surface area contributed by atoms with Gasteiger partial charge in [0.15, 0.2) is 0 Å². The molecule has 1 aromatic rings. The molecule has 2 unspecified atom stereocenters. The van der Waals surface area contributed by atoms with E-state index < -0.39 is 0 Å². The van der Waals surface area contributed by atoms with Crippen LogP contribution in [0.1, 0.15) is 70.9 Å². The number of hydrogen-bond acceptors (Lipinski definition) is 1. The van der Waals surface area contributed by atoms with E-state index in [4.69, 9.17) is 23.2 Å². The van der Waals surface area contributed by atoms with Gasteiger partial charge in [0.05, 0.1) is 0 Å². The summed E-state index contributed by atoms with van der Waals surface area (Å²) in [5.41, 5.74) is 1.22. The topological polar surface area (TPSA) is 12.0 Å². The van der Waals surface area contributed by atoms with Crippen LogP contribution in [0.4, 0.5) is 0 Å². The van der Waals surface area contributed by atoms with Crippen molar-refractivity contribution in [3.8, 4) is 0 Å². The Morgan fingerprint density at radius 1 is 1.00 bits per heavy atom. The summed E-state index contributed by atoms with van der Waals surface area (Å²) in [7, 11) is 0. The molecule has 0 radical (unpaired) electrons. The van der Waals surface area contributed by atoms with Crippen molar-refractivity contribution in [2.45, 2.75) is 65.3 Å². The predicted octanol–water partition coefficient (Wildman–Crippen LogP) is 6.64. The minimum atomic E-state index is 0.350. The first-order valence-corrected chi connectivity index (χ1v) is 9.05. The fourth-order valence-corrected chi connectivity index (χ4v) is 3.29. The average molecular weight is 330 g/mol. The summed E-state index contributed by atoms with van der Waals surface area (Å²) in [5, 5.41) is 5.11. The lowest BCUT2D eigenvalue weighted by molar-refractivity contribution is 0.353. The number of unbranched alkanes of at least 4 members (excludes halogenated alkanes) is 1. The molecule has 0 amide bonds. The van der Waals surface area contributed by atoms with Gasteiger partial charge in [-0.15, -0.1) is 0 Å². The predicted molar refractivity (Wildman–Crippen MR) is 95.4 cm³/mol. The molecule has 0 aliphatic rings. The highest BCUT2D eigenvalue weighted by Gasteiger charge is 2.17. The zero-order chi connectivity index (χ0) is 15.7. The van der Waals surface area contributed by atoms with Crippen LogP contribution in [-0.4, -0.2) is 6.54 Å². The maximum Gasteiger partial charge on any atom is 0.0424 e. The van der Waals surface area contributed by atoms with Gasteiger partial charge in [-0.2, -0.15) is 0 Å². The maximum atomic E-state index is 6.17. The number of benzene rings is 1. The molecular weight excluding hydrogens is 301 g/mol. The van der Waals surface area contributed by atoms with E-state index in [9.17, 15) is 0 Å². The number of hydrogen-bond donors (Lipinski definition) is 1. The number of rotatable bonds is 10. The SMILES string of the molecule is CCCCC(CC)CC(NCCC)c1cc(Cl)cc(Cl)c1. The molecule has 0 spiro atoms. The highest BCUT2D eigenvalue weighted by molar-refractivity contribution is 6.34. The van der Waals surface area contributed by atoms with Crippen LogP contribution in [0.15, 0.2) is 18.2 Å². The summed E-state index contributed by atoms with van der Waals surface area (Å²) in [6.07, 6.45) is 7.43. The van der Waals surface area contributed by atoms with Gasteiger partial charge < -0.3 is 5.32 Å². The second-order valence-electron chi connectivity index (χ2n) is 5.86. The summed E-state index contributed by atoms with van der Waals surface area (Å²) in [6.45, 7) is 7.78. The summed E-state index contributed by atoms with van der Waals surface area (Å²) in [6, 6.07) is 6.25. The average Bonchev–Trinajstić information content (AvgIpc) is 2.45. The zero-order valence-electron chi connectivity index (χ0n) is 13.6. The quantitative estimate of drug-likeness (QED) is 0.507. The Labute approximate surface area is 140 Å². The Hall–Kier alpha value is -0.240. The van der Waals surface area contributed by atoms with Crippen molar-refractivity contribution in [1.82, 2.24) is 5.32 Å². The molecule has 2 atom stereocenters. The van der Waals surface area contributed by atoms with E-state index >= 15 is 0 Å². The Kier molecular flexibility index (Phi) is 9.39. The van der Waals surface area contributed by atoms with Gasteiger partial charge in [-0.05, 0) is 49.1 Å². The molecule has 1 nitrogen and oxygen atoms in total. The van der Waals surface area contributed by atoms with Crippen LogP contribution in [0.25, 0.3) is 0 Å². The number of nitrogens with one attached hydrogen (secondary N) is 1. The van der Waals surface area contributed by atoms with Crippen molar-refractivity contribution in [2.24, 2.45) is 5.92 Å². The van der Waals surface area contributed by atoms with E-state index in [1.165, 1.54) is 31.2 Å². The second-order valence-corrected chi connectivity index (χ2v) is 6.73. The number of halogens is 2. The van der Waals surface area contributed by atoms with Crippen LogP contribution in [0.5, 0.6) is 0 Å². The van der Waals surface area contributed by atoms with E-state index in [1.807, 2.05) is 12.1 Å². The van der Waals surface area contributed by atoms with Crippen molar-refractivity contribution in [3.63, 3.8) is 0 Å². The third-order valence-electron chi connectivity index (χ3n) is 4.04. The largest absolute Gasteiger partial charge is 0.310 e. The van der Waals surface area contributed by atoms with Gasteiger partial charge in [0.2, 0.25) is 0 Å². The zero-order valence-corrected chi connectivity index (χ0v) is 15.1. The molecule has 0 aliphatic carbocycles. The fraction of sp³-hybridized carbons (Fsp3) is 0.667. The molecule has 0 aromatic heterocycles. The molecule has 1 aromatic carbocycles. The molecule has 3 heteroatoms. The first-order chi connectivity index (χ1) is 10.1. The minimum Gasteiger partial charge on any atom is -0.310 e. The lowest BCUT2D eigenvalue weighted by atomic mass is 9.89. The van der Waals surface area contributed by atoms with Crippen molar-refractivity contribution in [1.29, 1.82) is 0 Å². The lowest BCUT2D eigenvalue weighted by Gasteiger charge is -2.25. The summed E-state index contributed by atoms with van der Waals surface area (Å²) in [5.74, 6) is 0.761. The standard InChI is InChI=1S/C18H29Cl2N/c1-4-7-8-14(6-3)10-18(21-9-5-2)15-11-16(19)13-17(20)12-15/h11-14,18,21H,4-10H2,1-3H3. The first kappa shape index (κ1) is 18.8. The summed E-state index contributed by atoms with van der Waals surface area (Å²) >= 11 is 12.3. The monoisotopic (exact) mass is 329 g/mol. The smallest absolute Gasteiger partial charge is 0.0424 e. The Balaban J connectivity index is 2.82. The highest BCUT2D eigenvalue weighted by Crippen LogP contribution is 2.30. The second kappa shape index (κ2) is 10.5. The molecule has 0 fully saturated rings. The van der Waals surface area contributed by atoms with Crippen molar-refractivity contribution < 1.29 is 0 Å². The molecule has 0 saturated carbocycles. The van der Waals surface area contributed by atoms with Gasteiger partial charge in [0.25, 0.3) is 0 Å². The molecule has 120 valence electrons. The van der Waals surface area contributed by atoms with Crippen molar-refractivity contribution in [2.75, 3.05) is 6.54 Å². The van der Waals surface area contributed by atoms with Gasteiger partial charge in [-0.3, -0.25) is 0 Å². The van der Waals surface area contributed by atoms with Crippen LogP contribution in [0, 0.1) is 5.92 Å². The van der Waals surface area contributed by atoms with Gasteiger partial charge in [-0.1, -0.05) is 69.7 Å². The normalized spacial score (nSPS) is 14.1. The van der Waals surface area contributed by atoms with Crippen LogP contribution < -0.4 is 5.32 Å². The van der Waals surface area contributed by atoms with E-state index in [-0.39, 0.29) is 0 Å². The van der Waals surface area contributed by atoms with Gasteiger partial charge >= 0.3 is 0 Å². The van der Waals surface area contributed by atoms with E-state index in [1.54, 1.807) is 6.07 Å². The van der Waals surface area contributed by atoms with Gasteiger partial charge in [0, 0.05) is 16.1 Å². The Morgan fingerprint density at radius 3 is 2.19 bits per heavy atom. The van der Waals surface area contributed by atoms with Crippen LogP contribution in [-0.2, 0) is 0 Å². The van der Waals surface area contributed by atoms with Crippen LogP contribution in [0.3, 0.4) is 0 Å². The van der Waals surface area contributed by atoms with E-state index in [0.717, 1.165) is 35.3 Å². The fourth-order valence-electron chi connectivity index (χ4n) is 2.75. The third-order valence-corrected chi connectivity index (χ3v) is 4.48. The Bertz CT molecular complexity index is 386. The molecule has 1 rings (SSSR count). The maximum absolute atomic E-state index is 6.17. The summed E-state index contributed by atoms with van der Waals surface area (Å²) in [4.78, 5) is 0. The Morgan fingerprint density at radius 2 is 1.67 bits per heavy atom. The first-order valence-electron chi connectivity index (χ1n) is 8.30. The van der Waals surface area contributed by atoms with Gasteiger partial charge in [-0.25, -0.2) is 0 Å². The van der Waals surface area contributed by atoms with Crippen LogP contribution in [0.2, 0.25) is 10.0 Å². The lowest BCUT2D eigenvalue weighted by Crippen LogP contribution is -2.24. The van der Waals surface area contributed by atoms with Crippen molar-refractivity contribution >= 4 is 23.2 Å². The van der Waals surface area contributed by atoms with Crippen molar-refractivity contribution in [3.05, 3.63) is 33.8 Å². The summed E-state index contributed by atoms with van der Waals surface area (Å²) < 4.78 is 0.